The Morgan fingerprint density at radius 3 is 2.12 bits per heavy atom. The second-order valence-electron chi connectivity index (χ2n) is 6.48. The Morgan fingerprint density at radius 2 is 1.75 bits per heavy atom. The van der Waals surface area contributed by atoms with Crippen molar-refractivity contribution >= 4 is 0 Å². The third-order valence-corrected chi connectivity index (χ3v) is 5.27. The van der Waals surface area contributed by atoms with E-state index in [0.29, 0.717) is 5.41 Å². The fourth-order valence-electron chi connectivity index (χ4n) is 3.94. The molecule has 16 heavy (non-hydrogen) atoms. The van der Waals surface area contributed by atoms with E-state index in [4.69, 9.17) is 5.73 Å². The van der Waals surface area contributed by atoms with E-state index in [-0.39, 0.29) is 6.10 Å². The molecule has 0 atom stereocenters. The highest BCUT2D eigenvalue weighted by Crippen LogP contribution is 2.52. The van der Waals surface area contributed by atoms with Gasteiger partial charge in [0.05, 0.1) is 6.10 Å². The van der Waals surface area contributed by atoms with Crippen molar-refractivity contribution in [2.75, 3.05) is 6.54 Å². The molecule has 0 aromatic heterocycles. The summed E-state index contributed by atoms with van der Waals surface area (Å²) in [5, 5.41) is 9.53. The predicted octanol–water partition coefficient (Wildman–Crippen LogP) is 2.55. The van der Waals surface area contributed by atoms with Crippen LogP contribution in [0.25, 0.3) is 0 Å². The molecule has 2 fully saturated rings. The van der Waals surface area contributed by atoms with Crippen molar-refractivity contribution in [2.45, 2.75) is 58.5 Å². The smallest absolute Gasteiger partial charge is 0.0552 e. The number of aliphatic hydroxyl groups excluding tert-OH is 1. The number of aliphatic hydroxyl groups is 1. The van der Waals surface area contributed by atoms with Gasteiger partial charge in [-0.25, -0.2) is 0 Å². The van der Waals surface area contributed by atoms with Gasteiger partial charge in [0.1, 0.15) is 0 Å². The lowest BCUT2D eigenvalue weighted by molar-refractivity contribution is -0.0778. The summed E-state index contributed by atoms with van der Waals surface area (Å²) in [6, 6.07) is 0. The minimum Gasteiger partial charge on any atom is -0.393 e. The third kappa shape index (κ3) is 2.14. The van der Waals surface area contributed by atoms with Gasteiger partial charge in [-0.2, -0.15) is 0 Å². The maximum atomic E-state index is 9.53. The molecular weight excluding hydrogens is 198 g/mol. The van der Waals surface area contributed by atoms with Crippen LogP contribution in [0.1, 0.15) is 52.4 Å². The first-order valence-corrected chi connectivity index (χ1v) is 6.95. The monoisotopic (exact) mass is 225 g/mol. The maximum Gasteiger partial charge on any atom is 0.0552 e. The number of hydrogen-bond donors (Lipinski definition) is 2. The average molecular weight is 225 g/mol. The quantitative estimate of drug-likeness (QED) is 0.775. The van der Waals surface area contributed by atoms with E-state index in [1.54, 1.807) is 0 Å². The second kappa shape index (κ2) is 4.66. The Bertz CT molecular complexity index is 225. The molecule has 2 saturated carbocycles. The summed E-state index contributed by atoms with van der Waals surface area (Å²) in [5.74, 6) is 2.55. The highest BCUT2D eigenvalue weighted by atomic mass is 16.3. The minimum absolute atomic E-state index is 0.0635. The van der Waals surface area contributed by atoms with Gasteiger partial charge < -0.3 is 10.8 Å². The van der Waals surface area contributed by atoms with Crippen LogP contribution in [-0.4, -0.2) is 17.8 Å². The fourth-order valence-corrected chi connectivity index (χ4v) is 3.94. The predicted molar refractivity (Wildman–Crippen MR) is 67.0 cm³/mol. The highest BCUT2D eigenvalue weighted by Gasteiger charge is 2.48. The second-order valence-corrected chi connectivity index (χ2v) is 6.48. The summed E-state index contributed by atoms with van der Waals surface area (Å²) in [7, 11) is 0. The van der Waals surface area contributed by atoms with E-state index in [1.165, 1.54) is 25.7 Å². The highest BCUT2D eigenvalue weighted by molar-refractivity contribution is 5.00. The Balaban J connectivity index is 1.88. The molecule has 2 nitrogen and oxygen atoms in total. The molecule has 2 aliphatic carbocycles. The summed E-state index contributed by atoms with van der Waals surface area (Å²) in [5.41, 5.74) is 6.25. The van der Waals surface area contributed by atoms with Gasteiger partial charge in [-0.05, 0) is 68.2 Å². The SMILES string of the molecule is CC(C)C1CCC(C2(CN)CC(O)C2)CC1. The molecule has 0 aromatic rings. The van der Waals surface area contributed by atoms with Gasteiger partial charge in [0.2, 0.25) is 0 Å². The summed E-state index contributed by atoms with van der Waals surface area (Å²) in [6.45, 7) is 5.47. The van der Waals surface area contributed by atoms with Crippen LogP contribution >= 0.6 is 0 Å². The molecule has 3 N–H and O–H groups in total. The van der Waals surface area contributed by atoms with Crippen LogP contribution in [0.5, 0.6) is 0 Å². The van der Waals surface area contributed by atoms with E-state index in [1.807, 2.05) is 0 Å². The zero-order chi connectivity index (χ0) is 11.8. The fraction of sp³-hybridized carbons (Fsp3) is 1.00. The Kier molecular flexibility index (Phi) is 3.60. The summed E-state index contributed by atoms with van der Waals surface area (Å²) in [6.07, 6.45) is 7.28. The molecule has 0 bridgehead atoms. The number of rotatable bonds is 3. The van der Waals surface area contributed by atoms with Crippen LogP contribution in [0.4, 0.5) is 0 Å². The van der Waals surface area contributed by atoms with Crippen LogP contribution < -0.4 is 5.73 Å². The number of nitrogens with two attached hydrogens (primary N) is 1. The van der Waals surface area contributed by atoms with E-state index < -0.39 is 0 Å². The lowest BCUT2D eigenvalue weighted by Gasteiger charge is -2.52. The van der Waals surface area contributed by atoms with Crippen LogP contribution in [0.15, 0.2) is 0 Å². The van der Waals surface area contributed by atoms with Gasteiger partial charge in [-0.15, -0.1) is 0 Å². The first-order chi connectivity index (χ1) is 7.57. The first kappa shape index (κ1) is 12.4. The van der Waals surface area contributed by atoms with Crippen molar-refractivity contribution in [1.82, 2.24) is 0 Å². The van der Waals surface area contributed by atoms with Crippen molar-refractivity contribution in [3.63, 3.8) is 0 Å². The summed E-state index contributed by atoms with van der Waals surface area (Å²) < 4.78 is 0. The van der Waals surface area contributed by atoms with Crippen molar-refractivity contribution in [3.8, 4) is 0 Å². The van der Waals surface area contributed by atoms with Crippen LogP contribution in [-0.2, 0) is 0 Å². The summed E-state index contributed by atoms with van der Waals surface area (Å²) >= 11 is 0. The first-order valence-electron chi connectivity index (χ1n) is 6.95. The van der Waals surface area contributed by atoms with Crippen molar-refractivity contribution in [3.05, 3.63) is 0 Å². The molecule has 0 amide bonds. The molecule has 94 valence electrons. The zero-order valence-electron chi connectivity index (χ0n) is 10.8. The molecule has 2 rings (SSSR count). The molecule has 2 heteroatoms. The zero-order valence-corrected chi connectivity index (χ0v) is 10.8. The molecular formula is C14H27NO. The van der Waals surface area contributed by atoms with Gasteiger partial charge >= 0.3 is 0 Å². The third-order valence-electron chi connectivity index (χ3n) is 5.27. The summed E-state index contributed by atoms with van der Waals surface area (Å²) in [4.78, 5) is 0. The molecule has 0 spiro atoms. The van der Waals surface area contributed by atoms with Gasteiger partial charge in [-0.1, -0.05) is 13.8 Å². The molecule has 0 radical (unpaired) electrons. The maximum absolute atomic E-state index is 9.53. The van der Waals surface area contributed by atoms with Crippen LogP contribution in [0, 0.1) is 23.2 Å². The lowest BCUT2D eigenvalue weighted by Crippen LogP contribution is -2.52. The number of hydrogen-bond acceptors (Lipinski definition) is 2. The molecule has 0 saturated heterocycles. The minimum atomic E-state index is -0.0635. The van der Waals surface area contributed by atoms with E-state index in [9.17, 15) is 5.11 Å². The van der Waals surface area contributed by atoms with Crippen LogP contribution in [0.3, 0.4) is 0 Å². The van der Waals surface area contributed by atoms with Gasteiger partial charge in [0, 0.05) is 0 Å². The molecule has 2 aliphatic rings. The lowest BCUT2D eigenvalue weighted by atomic mass is 9.55. The Hall–Kier alpha value is -0.0800. The molecule has 0 aromatic carbocycles. The van der Waals surface area contributed by atoms with E-state index in [0.717, 1.165) is 37.1 Å². The van der Waals surface area contributed by atoms with Crippen molar-refractivity contribution in [2.24, 2.45) is 28.9 Å². The molecule has 0 aliphatic heterocycles. The van der Waals surface area contributed by atoms with Gasteiger partial charge in [0.25, 0.3) is 0 Å². The normalized spacial score (nSPS) is 44.4. The van der Waals surface area contributed by atoms with Crippen molar-refractivity contribution < 1.29 is 5.11 Å². The molecule has 0 unspecified atom stereocenters. The largest absolute Gasteiger partial charge is 0.393 e. The van der Waals surface area contributed by atoms with Gasteiger partial charge in [0.15, 0.2) is 0 Å². The standard InChI is InChI=1S/C14H27NO/c1-10(2)11-3-5-12(6-4-11)14(9-15)7-13(16)8-14/h10-13,16H,3-9,15H2,1-2H3. The average Bonchev–Trinajstić information content (AvgIpc) is 2.24. The van der Waals surface area contributed by atoms with Gasteiger partial charge in [-0.3, -0.25) is 0 Å². The Labute approximate surface area is 99.6 Å². The Morgan fingerprint density at radius 1 is 1.19 bits per heavy atom. The van der Waals surface area contributed by atoms with Crippen molar-refractivity contribution in [1.29, 1.82) is 0 Å². The van der Waals surface area contributed by atoms with E-state index >= 15 is 0 Å². The topological polar surface area (TPSA) is 46.2 Å². The molecule has 0 heterocycles. The van der Waals surface area contributed by atoms with E-state index in [2.05, 4.69) is 13.8 Å². The van der Waals surface area contributed by atoms with Crippen LogP contribution in [0.2, 0.25) is 0 Å².